The van der Waals surface area contributed by atoms with Gasteiger partial charge in [-0.15, -0.1) is 0 Å². The van der Waals surface area contributed by atoms with Crippen molar-refractivity contribution in [2.24, 2.45) is 11.3 Å². The maximum atomic E-state index is 2.66. The molecule has 1 aliphatic carbocycles. The Labute approximate surface area is 143 Å². The lowest BCUT2D eigenvalue weighted by Crippen LogP contribution is -2.42. The van der Waals surface area contributed by atoms with Crippen molar-refractivity contribution < 1.29 is 0 Å². The average molecular weight is 314 g/mol. The number of benzene rings is 1. The zero-order chi connectivity index (χ0) is 16.3. The molecule has 1 spiro atoms. The molecule has 0 aromatic heterocycles. The van der Waals surface area contributed by atoms with Crippen LogP contribution in [0.5, 0.6) is 0 Å². The quantitative estimate of drug-likeness (QED) is 0.659. The Bertz CT molecular complexity index is 478. The summed E-state index contributed by atoms with van der Waals surface area (Å²) < 4.78 is 0. The fourth-order valence-electron chi connectivity index (χ4n) is 4.77. The van der Waals surface area contributed by atoms with Crippen molar-refractivity contribution in [2.45, 2.75) is 78.6 Å². The number of nitrogens with zero attached hydrogens (tertiary/aromatic N) is 1. The number of hydrogen-bond acceptors (Lipinski definition) is 1. The van der Waals surface area contributed by atoms with E-state index < -0.39 is 0 Å². The first-order chi connectivity index (χ1) is 11.2. The molecule has 2 aliphatic rings. The highest BCUT2D eigenvalue weighted by atomic mass is 15.1. The number of piperidine rings is 1. The molecule has 0 unspecified atom stereocenters. The van der Waals surface area contributed by atoms with Crippen molar-refractivity contribution in [3.8, 4) is 0 Å². The van der Waals surface area contributed by atoms with Gasteiger partial charge >= 0.3 is 0 Å². The molecular weight excluding hydrogens is 278 g/mol. The van der Waals surface area contributed by atoms with E-state index in [0.717, 1.165) is 18.8 Å². The maximum Gasteiger partial charge on any atom is 0.0371 e. The van der Waals surface area contributed by atoms with Crippen LogP contribution < -0.4 is 4.90 Å². The molecule has 0 N–H and O–H groups in total. The van der Waals surface area contributed by atoms with Crippen LogP contribution in [0.4, 0.5) is 5.69 Å². The first kappa shape index (κ1) is 16.9. The second kappa shape index (κ2) is 7.28. The maximum absolute atomic E-state index is 2.66. The monoisotopic (exact) mass is 313 g/mol. The van der Waals surface area contributed by atoms with Crippen LogP contribution in [0.25, 0.3) is 0 Å². The van der Waals surface area contributed by atoms with Gasteiger partial charge in [0.05, 0.1) is 0 Å². The third kappa shape index (κ3) is 3.75. The number of hydrogen-bond donors (Lipinski definition) is 0. The van der Waals surface area contributed by atoms with Gasteiger partial charge in [-0.3, -0.25) is 0 Å². The minimum atomic E-state index is 0.693. The van der Waals surface area contributed by atoms with Gasteiger partial charge in [0.15, 0.2) is 0 Å². The van der Waals surface area contributed by atoms with Crippen molar-refractivity contribution in [3.63, 3.8) is 0 Å². The zero-order valence-electron chi connectivity index (χ0n) is 15.5. The molecule has 1 heterocycles. The molecule has 1 aromatic rings. The van der Waals surface area contributed by atoms with E-state index in [0.29, 0.717) is 5.41 Å². The second-order valence-electron chi connectivity index (χ2n) is 8.05. The summed E-state index contributed by atoms with van der Waals surface area (Å²) >= 11 is 0. The summed E-state index contributed by atoms with van der Waals surface area (Å²) in [5, 5.41) is 0. The molecule has 23 heavy (non-hydrogen) atoms. The van der Waals surface area contributed by atoms with Crippen LogP contribution in [0.15, 0.2) is 18.2 Å². The van der Waals surface area contributed by atoms with E-state index in [4.69, 9.17) is 0 Å². The third-order valence-electron chi connectivity index (χ3n) is 6.79. The molecule has 1 nitrogen and oxygen atoms in total. The van der Waals surface area contributed by atoms with Crippen LogP contribution >= 0.6 is 0 Å². The number of rotatable bonds is 4. The molecule has 1 aliphatic heterocycles. The molecule has 128 valence electrons. The topological polar surface area (TPSA) is 3.24 Å². The van der Waals surface area contributed by atoms with Gasteiger partial charge in [-0.1, -0.05) is 33.3 Å². The van der Waals surface area contributed by atoms with E-state index in [9.17, 15) is 0 Å². The Balaban J connectivity index is 1.65. The summed E-state index contributed by atoms with van der Waals surface area (Å²) in [5.41, 5.74) is 5.18. The van der Waals surface area contributed by atoms with Gasteiger partial charge in [-0.05, 0) is 86.0 Å². The van der Waals surface area contributed by atoms with Crippen molar-refractivity contribution in [1.29, 1.82) is 0 Å². The molecule has 0 amide bonds. The van der Waals surface area contributed by atoms with Crippen LogP contribution in [0, 0.1) is 11.3 Å². The lowest BCUT2D eigenvalue weighted by Gasteiger charge is -2.46. The van der Waals surface area contributed by atoms with Crippen LogP contribution in [0.2, 0.25) is 0 Å². The standard InChI is InChI=1S/C22H35N/c1-4-18-7-9-22(10-8-18)11-13-23(14-12-22)21-16-19(5-2)15-20(6-3)17-21/h15-18H,4-14H2,1-3H3. The Morgan fingerprint density at radius 3 is 1.91 bits per heavy atom. The van der Waals surface area contributed by atoms with Crippen molar-refractivity contribution in [1.82, 2.24) is 0 Å². The van der Waals surface area contributed by atoms with Crippen molar-refractivity contribution in [2.75, 3.05) is 18.0 Å². The summed E-state index contributed by atoms with van der Waals surface area (Å²) in [4.78, 5) is 2.66. The normalized spacial score (nSPS) is 21.8. The van der Waals surface area contributed by atoms with Crippen LogP contribution in [0.1, 0.15) is 76.8 Å². The molecular formula is C22H35N. The average Bonchev–Trinajstić information content (AvgIpc) is 2.62. The summed E-state index contributed by atoms with van der Waals surface area (Å²) in [6.45, 7) is 9.46. The molecule has 0 radical (unpaired) electrons. The molecule has 2 fully saturated rings. The Hall–Kier alpha value is -0.980. The highest BCUT2D eigenvalue weighted by Gasteiger charge is 2.37. The fraction of sp³-hybridized carbons (Fsp3) is 0.727. The Morgan fingerprint density at radius 1 is 0.870 bits per heavy atom. The minimum absolute atomic E-state index is 0.693. The number of anilines is 1. The minimum Gasteiger partial charge on any atom is -0.371 e. The van der Waals surface area contributed by atoms with E-state index in [1.54, 1.807) is 0 Å². The molecule has 1 saturated carbocycles. The Morgan fingerprint density at radius 2 is 1.43 bits per heavy atom. The van der Waals surface area contributed by atoms with E-state index in [-0.39, 0.29) is 0 Å². The SMILES string of the molecule is CCc1cc(CC)cc(N2CCC3(CCC(CC)CC3)CC2)c1. The molecule has 1 aromatic carbocycles. The lowest BCUT2D eigenvalue weighted by atomic mass is 9.65. The smallest absolute Gasteiger partial charge is 0.0371 e. The largest absolute Gasteiger partial charge is 0.371 e. The van der Waals surface area contributed by atoms with Crippen molar-refractivity contribution in [3.05, 3.63) is 29.3 Å². The summed E-state index contributed by atoms with van der Waals surface area (Å²) in [5.74, 6) is 1.02. The van der Waals surface area contributed by atoms with Gasteiger partial charge in [-0.25, -0.2) is 0 Å². The predicted molar refractivity (Wildman–Crippen MR) is 101 cm³/mol. The lowest BCUT2D eigenvalue weighted by molar-refractivity contribution is 0.112. The van der Waals surface area contributed by atoms with E-state index in [1.165, 1.54) is 74.8 Å². The van der Waals surface area contributed by atoms with Gasteiger partial charge in [0, 0.05) is 18.8 Å². The van der Waals surface area contributed by atoms with Gasteiger partial charge in [0.1, 0.15) is 0 Å². The zero-order valence-corrected chi connectivity index (χ0v) is 15.5. The Kier molecular flexibility index (Phi) is 5.34. The third-order valence-corrected chi connectivity index (χ3v) is 6.79. The van der Waals surface area contributed by atoms with Gasteiger partial charge < -0.3 is 4.90 Å². The number of aryl methyl sites for hydroxylation is 2. The van der Waals surface area contributed by atoms with Crippen molar-refractivity contribution >= 4 is 5.69 Å². The van der Waals surface area contributed by atoms with E-state index in [1.807, 2.05) is 0 Å². The second-order valence-corrected chi connectivity index (χ2v) is 8.05. The van der Waals surface area contributed by atoms with Crippen LogP contribution in [0.3, 0.4) is 0 Å². The molecule has 3 rings (SSSR count). The highest BCUT2D eigenvalue weighted by molar-refractivity contribution is 5.52. The molecule has 0 bridgehead atoms. The first-order valence-electron chi connectivity index (χ1n) is 10.1. The van der Waals surface area contributed by atoms with Gasteiger partial charge in [0.25, 0.3) is 0 Å². The van der Waals surface area contributed by atoms with E-state index >= 15 is 0 Å². The summed E-state index contributed by atoms with van der Waals surface area (Å²) in [7, 11) is 0. The summed E-state index contributed by atoms with van der Waals surface area (Å²) in [6, 6.07) is 7.26. The fourth-order valence-corrected chi connectivity index (χ4v) is 4.77. The van der Waals surface area contributed by atoms with Crippen LogP contribution in [-0.2, 0) is 12.8 Å². The summed E-state index contributed by atoms with van der Waals surface area (Å²) in [6.07, 6.45) is 12.5. The highest BCUT2D eigenvalue weighted by Crippen LogP contribution is 2.47. The van der Waals surface area contributed by atoms with Gasteiger partial charge in [0.2, 0.25) is 0 Å². The molecule has 0 atom stereocenters. The molecule has 1 saturated heterocycles. The van der Waals surface area contributed by atoms with Crippen LogP contribution in [-0.4, -0.2) is 13.1 Å². The van der Waals surface area contributed by atoms with E-state index in [2.05, 4.69) is 43.9 Å². The predicted octanol–water partition coefficient (Wildman–Crippen LogP) is 6.00. The van der Waals surface area contributed by atoms with Gasteiger partial charge in [-0.2, -0.15) is 0 Å². The first-order valence-corrected chi connectivity index (χ1v) is 10.1. The molecule has 1 heteroatoms.